The van der Waals surface area contributed by atoms with E-state index in [9.17, 15) is 8.42 Å². The Kier molecular flexibility index (Phi) is 3.71. The number of piperidine rings is 1. The normalized spacial score (nSPS) is 18.2. The van der Waals surface area contributed by atoms with Crippen molar-refractivity contribution in [2.24, 2.45) is 5.92 Å². The highest BCUT2D eigenvalue weighted by Crippen LogP contribution is 2.27. The van der Waals surface area contributed by atoms with Crippen molar-refractivity contribution >= 4 is 20.9 Å². The standard InChI is InChI=1S/C16H20N2O2S/c1-12-6-8-18(9-7-12)21(19,20)15-5-3-4-14-10-13(2)11-17-16(14)15/h3-5,10-12H,6-9H2,1-2H3. The van der Waals surface area contributed by atoms with Gasteiger partial charge in [0.2, 0.25) is 10.0 Å². The third kappa shape index (κ3) is 2.68. The Bertz CT molecular complexity index is 763. The summed E-state index contributed by atoms with van der Waals surface area (Å²) in [5, 5.41) is 0.876. The Balaban J connectivity index is 2.07. The number of rotatable bonds is 2. The summed E-state index contributed by atoms with van der Waals surface area (Å²) in [5.74, 6) is 0.602. The second kappa shape index (κ2) is 5.39. The molecule has 1 aliphatic rings. The molecule has 0 amide bonds. The second-order valence-electron chi connectivity index (χ2n) is 5.93. The van der Waals surface area contributed by atoms with Crippen molar-refractivity contribution in [3.8, 4) is 0 Å². The fourth-order valence-corrected chi connectivity index (χ4v) is 4.45. The Morgan fingerprint density at radius 3 is 2.67 bits per heavy atom. The number of aryl methyl sites for hydroxylation is 1. The van der Waals surface area contributed by atoms with E-state index < -0.39 is 10.0 Å². The predicted octanol–water partition coefficient (Wildman–Crippen LogP) is 2.96. The van der Waals surface area contributed by atoms with Crippen molar-refractivity contribution in [1.82, 2.24) is 9.29 Å². The van der Waals surface area contributed by atoms with Crippen LogP contribution in [0.5, 0.6) is 0 Å². The zero-order chi connectivity index (χ0) is 15.0. The molecule has 0 radical (unpaired) electrons. The van der Waals surface area contributed by atoms with Gasteiger partial charge in [-0.1, -0.05) is 19.1 Å². The van der Waals surface area contributed by atoms with Gasteiger partial charge in [0.25, 0.3) is 0 Å². The van der Waals surface area contributed by atoms with E-state index in [1.54, 1.807) is 22.6 Å². The summed E-state index contributed by atoms with van der Waals surface area (Å²) in [7, 11) is -3.45. The van der Waals surface area contributed by atoms with Crippen molar-refractivity contribution in [3.05, 3.63) is 36.0 Å². The predicted molar refractivity (Wildman–Crippen MR) is 83.6 cm³/mol. The van der Waals surface area contributed by atoms with Gasteiger partial charge in [-0.3, -0.25) is 4.98 Å². The maximum absolute atomic E-state index is 12.9. The molecule has 2 heterocycles. The van der Waals surface area contributed by atoms with Crippen molar-refractivity contribution in [3.63, 3.8) is 0 Å². The number of aromatic nitrogens is 1. The number of hydrogen-bond acceptors (Lipinski definition) is 3. The highest BCUT2D eigenvalue weighted by atomic mass is 32.2. The maximum Gasteiger partial charge on any atom is 0.245 e. The average Bonchev–Trinajstić information content (AvgIpc) is 2.46. The molecule has 0 atom stereocenters. The zero-order valence-corrected chi connectivity index (χ0v) is 13.2. The fraction of sp³-hybridized carbons (Fsp3) is 0.438. The van der Waals surface area contributed by atoms with Gasteiger partial charge in [0, 0.05) is 24.7 Å². The Labute approximate surface area is 125 Å². The Morgan fingerprint density at radius 1 is 1.24 bits per heavy atom. The minimum Gasteiger partial charge on any atom is -0.255 e. The van der Waals surface area contributed by atoms with Crippen molar-refractivity contribution in [1.29, 1.82) is 0 Å². The smallest absolute Gasteiger partial charge is 0.245 e. The minimum atomic E-state index is -3.45. The topological polar surface area (TPSA) is 50.3 Å². The number of pyridine rings is 1. The van der Waals surface area contributed by atoms with Gasteiger partial charge in [-0.05, 0) is 43.4 Å². The van der Waals surface area contributed by atoms with E-state index in [2.05, 4.69) is 11.9 Å². The first-order chi connectivity index (χ1) is 9.98. The lowest BCUT2D eigenvalue weighted by Gasteiger charge is -2.29. The highest BCUT2D eigenvalue weighted by molar-refractivity contribution is 7.89. The second-order valence-corrected chi connectivity index (χ2v) is 7.83. The first-order valence-electron chi connectivity index (χ1n) is 7.34. The number of para-hydroxylation sites is 1. The number of fused-ring (bicyclic) bond motifs is 1. The molecule has 0 unspecified atom stereocenters. The van der Waals surface area contributed by atoms with Crippen LogP contribution in [0, 0.1) is 12.8 Å². The van der Waals surface area contributed by atoms with E-state index in [4.69, 9.17) is 0 Å². The lowest BCUT2D eigenvalue weighted by molar-refractivity contribution is 0.288. The molecule has 3 rings (SSSR count). The summed E-state index contributed by atoms with van der Waals surface area (Å²) in [4.78, 5) is 4.68. The van der Waals surface area contributed by atoms with E-state index in [-0.39, 0.29) is 0 Å². The molecule has 0 bridgehead atoms. The van der Waals surface area contributed by atoms with Gasteiger partial charge in [0.1, 0.15) is 4.90 Å². The van der Waals surface area contributed by atoms with E-state index in [0.29, 0.717) is 29.4 Å². The van der Waals surface area contributed by atoms with Gasteiger partial charge in [0.15, 0.2) is 0 Å². The summed E-state index contributed by atoms with van der Waals surface area (Å²) in [6.45, 7) is 5.34. The van der Waals surface area contributed by atoms with Crippen molar-refractivity contribution < 1.29 is 8.42 Å². The quantitative estimate of drug-likeness (QED) is 0.857. The van der Waals surface area contributed by atoms with E-state index in [0.717, 1.165) is 23.8 Å². The molecule has 112 valence electrons. The molecule has 1 aliphatic heterocycles. The number of sulfonamides is 1. The summed E-state index contributed by atoms with van der Waals surface area (Å²) < 4.78 is 27.4. The first kappa shape index (κ1) is 14.5. The van der Waals surface area contributed by atoms with Crippen LogP contribution in [0.4, 0.5) is 0 Å². The molecule has 21 heavy (non-hydrogen) atoms. The summed E-state index contributed by atoms with van der Waals surface area (Å²) in [6.07, 6.45) is 3.58. The molecular formula is C16H20N2O2S. The molecule has 1 aromatic heterocycles. The summed E-state index contributed by atoms with van der Waals surface area (Å²) in [6, 6.07) is 7.34. The zero-order valence-electron chi connectivity index (χ0n) is 12.4. The van der Waals surface area contributed by atoms with Gasteiger partial charge < -0.3 is 0 Å². The molecule has 0 saturated carbocycles. The molecule has 0 spiro atoms. The molecule has 0 N–H and O–H groups in total. The van der Waals surface area contributed by atoms with E-state index in [1.165, 1.54) is 0 Å². The van der Waals surface area contributed by atoms with Gasteiger partial charge in [-0.25, -0.2) is 8.42 Å². The lowest BCUT2D eigenvalue weighted by atomic mass is 10.0. The van der Waals surface area contributed by atoms with E-state index >= 15 is 0 Å². The lowest BCUT2D eigenvalue weighted by Crippen LogP contribution is -2.38. The molecule has 4 nitrogen and oxygen atoms in total. The van der Waals surface area contributed by atoms with Gasteiger partial charge in [0.05, 0.1) is 5.52 Å². The number of benzene rings is 1. The van der Waals surface area contributed by atoms with Crippen LogP contribution in [-0.2, 0) is 10.0 Å². The van der Waals surface area contributed by atoms with Gasteiger partial charge >= 0.3 is 0 Å². The van der Waals surface area contributed by atoms with Crippen LogP contribution in [0.2, 0.25) is 0 Å². The molecule has 1 fully saturated rings. The van der Waals surface area contributed by atoms with Crippen LogP contribution in [0.15, 0.2) is 35.4 Å². The Hall–Kier alpha value is -1.46. The molecule has 0 aliphatic carbocycles. The SMILES string of the molecule is Cc1cnc2c(S(=O)(=O)N3CCC(C)CC3)cccc2c1. The van der Waals surface area contributed by atoms with Gasteiger partial charge in [-0.15, -0.1) is 0 Å². The van der Waals surface area contributed by atoms with Crippen LogP contribution >= 0.6 is 0 Å². The molecule has 1 saturated heterocycles. The summed E-state index contributed by atoms with van der Waals surface area (Å²) in [5.41, 5.74) is 1.60. The van der Waals surface area contributed by atoms with Crippen LogP contribution in [0.3, 0.4) is 0 Å². The minimum absolute atomic E-state index is 0.328. The third-order valence-electron chi connectivity index (χ3n) is 4.17. The van der Waals surface area contributed by atoms with Crippen molar-refractivity contribution in [2.45, 2.75) is 31.6 Å². The maximum atomic E-state index is 12.9. The van der Waals surface area contributed by atoms with Crippen LogP contribution in [-0.4, -0.2) is 30.8 Å². The monoisotopic (exact) mass is 304 g/mol. The van der Waals surface area contributed by atoms with Crippen LogP contribution < -0.4 is 0 Å². The van der Waals surface area contributed by atoms with Crippen molar-refractivity contribution in [2.75, 3.05) is 13.1 Å². The number of hydrogen-bond donors (Lipinski definition) is 0. The first-order valence-corrected chi connectivity index (χ1v) is 8.78. The fourth-order valence-electron chi connectivity index (χ4n) is 2.82. The third-order valence-corrected chi connectivity index (χ3v) is 6.10. The summed E-state index contributed by atoms with van der Waals surface area (Å²) >= 11 is 0. The molecule has 1 aromatic carbocycles. The Morgan fingerprint density at radius 2 is 1.95 bits per heavy atom. The highest BCUT2D eigenvalue weighted by Gasteiger charge is 2.29. The largest absolute Gasteiger partial charge is 0.255 e. The van der Waals surface area contributed by atoms with E-state index in [1.807, 2.05) is 19.1 Å². The van der Waals surface area contributed by atoms with Crippen LogP contribution in [0.1, 0.15) is 25.3 Å². The number of nitrogens with zero attached hydrogens (tertiary/aromatic N) is 2. The molecule has 5 heteroatoms. The van der Waals surface area contributed by atoms with Gasteiger partial charge in [-0.2, -0.15) is 4.31 Å². The molecule has 2 aromatic rings. The molecular weight excluding hydrogens is 284 g/mol. The average molecular weight is 304 g/mol. The van der Waals surface area contributed by atoms with Crippen LogP contribution in [0.25, 0.3) is 10.9 Å².